The van der Waals surface area contributed by atoms with Gasteiger partial charge < -0.3 is 9.47 Å². The topological polar surface area (TPSA) is 86.7 Å². The maximum absolute atomic E-state index is 10.9. The van der Waals surface area contributed by atoms with E-state index in [1.54, 1.807) is 0 Å². The molecule has 1 rings (SSSR count). The summed E-state index contributed by atoms with van der Waals surface area (Å²) in [6, 6.07) is 0. The summed E-state index contributed by atoms with van der Waals surface area (Å²) in [5.41, 5.74) is 0. The molecular weight excluding hydrogens is 192 g/mol. The number of Topliss-reactive ketones (excluding diaryl/α,β-unsaturated/α-hetero) is 2. The van der Waals surface area contributed by atoms with Gasteiger partial charge in [0.25, 0.3) is 12.3 Å². The zero-order chi connectivity index (χ0) is 9.84. The van der Waals surface area contributed by atoms with E-state index in [0.717, 1.165) is 0 Å². The Labute approximate surface area is 80.2 Å². The third-order valence-corrected chi connectivity index (χ3v) is 1.52. The number of cyclic esters (lactones) is 1. The van der Waals surface area contributed by atoms with E-state index in [-0.39, 0.29) is 26.9 Å². The van der Waals surface area contributed by atoms with Gasteiger partial charge in [-0.2, -0.15) is 0 Å². The molecule has 0 radical (unpaired) electrons. The molecule has 0 aromatic rings. The molecule has 1 aliphatic heterocycles. The van der Waals surface area contributed by atoms with Crippen LogP contribution in [0.1, 0.15) is 13.8 Å². The molecule has 0 N–H and O–H groups in total. The van der Waals surface area contributed by atoms with Crippen molar-refractivity contribution >= 4 is 24.0 Å². The summed E-state index contributed by atoms with van der Waals surface area (Å²) in [5, 5.41) is 0. The smallest absolute Gasteiger partial charge is 0.383 e. The first-order valence-electron chi connectivity index (χ1n) is 3.51. The highest BCUT2D eigenvalue weighted by Crippen LogP contribution is 2.10. The van der Waals surface area contributed by atoms with Gasteiger partial charge in [0.05, 0.1) is 6.61 Å². The van der Waals surface area contributed by atoms with Crippen LogP contribution in [0.4, 0.5) is 0 Å². The van der Waals surface area contributed by atoms with Gasteiger partial charge in [-0.05, 0) is 0 Å². The summed E-state index contributed by atoms with van der Waals surface area (Å²) in [4.78, 5) is 41.7. The van der Waals surface area contributed by atoms with Crippen LogP contribution in [-0.2, 0) is 28.7 Å². The summed E-state index contributed by atoms with van der Waals surface area (Å²) in [7, 11) is 0. The molecule has 0 amide bonds. The van der Waals surface area contributed by atoms with E-state index in [2.05, 4.69) is 9.47 Å². The van der Waals surface area contributed by atoms with Crippen LogP contribution in [-0.4, -0.2) is 36.7 Å². The summed E-state index contributed by atoms with van der Waals surface area (Å²) in [5.74, 6) is -3.16. The van der Waals surface area contributed by atoms with Crippen molar-refractivity contribution in [2.75, 3.05) is 6.61 Å². The predicted molar refractivity (Wildman–Crippen MR) is 43.3 cm³/mol. The van der Waals surface area contributed by atoms with Crippen LogP contribution in [0.15, 0.2) is 0 Å². The molecule has 6 heteroatoms. The average molecular weight is 202 g/mol. The Kier molecular flexibility index (Phi) is 4.48. The average Bonchev–Trinajstić information content (AvgIpc) is 2.34. The first kappa shape index (κ1) is 12.3. The first-order valence-corrected chi connectivity index (χ1v) is 3.51. The van der Waals surface area contributed by atoms with Gasteiger partial charge >= 0.3 is 11.8 Å². The molecule has 0 aromatic carbocycles. The molecule has 1 fully saturated rings. The van der Waals surface area contributed by atoms with Gasteiger partial charge in [-0.15, -0.1) is 0 Å². The molecule has 1 heterocycles. The Morgan fingerprint density at radius 1 is 1.36 bits per heavy atom. The fourth-order valence-corrected chi connectivity index (χ4v) is 0.896. The molecule has 14 heavy (non-hydrogen) atoms. The lowest BCUT2D eigenvalue weighted by Crippen LogP contribution is -2.21. The lowest BCUT2D eigenvalue weighted by molar-refractivity contribution is -0.149. The van der Waals surface area contributed by atoms with Crippen molar-refractivity contribution < 1.29 is 28.7 Å². The van der Waals surface area contributed by atoms with Gasteiger partial charge in [-0.25, -0.2) is 4.79 Å². The number of hydrogen-bond acceptors (Lipinski definition) is 6. The van der Waals surface area contributed by atoms with Crippen LogP contribution in [0.5, 0.6) is 0 Å². The van der Waals surface area contributed by atoms with Gasteiger partial charge in [0.15, 0.2) is 6.10 Å². The predicted octanol–water partition coefficient (Wildman–Crippen LogP) is -0.751. The Morgan fingerprint density at radius 2 is 2.00 bits per heavy atom. The van der Waals surface area contributed by atoms with Gasteiger partial charge in [0, 0.05) is 6.42 Å². The molecule has 78 valence electrons. The lowest BCUT2D eigenvalue weighted by Gasteiger charge is -2.04. The van der Waals surface area contributed by atoms with Crippen molar-refractivity contribution in [2.45, 2.75) is 20.0 Å². The maximum Gasteiger partial charge on any atom is 0.383 e. The summed E-state index contributed by atoms with van der Waals surface area (Å²) in [6.45, 7) is 0.156. The molecule has 0 bridgehead atoms. The normalized spacial score (nSPS) is 20.0. The van der Waals surface area contributed by atoms with Gasteiger partial charge in [-0.3, -0.25) is 14.4 Å². The second kappa shape index (κ2) is 5.11. The number of rotatable bonds is 4. The minimum absolute atomic E-state index is 0. The van der Waals surface area contributed by atoms with Crippen LogP contribution in [0.3, 0.4) is 0 Å². The molecule has 1 aliphatic rings. The highest BCUT2D eigenvalue weighted by Gasteiger charge is 2.41. The number of carbonyl (C=O) groups is 4. The molecule has 0 aromatic heterocycles. The Balaban J connectivity index is 0.00000169. The standard InChI is InChI=1S/C7H6O6.CH4/c8-3-12-2-1-4-5(9)6(10)7(11)13-4;/h3-4H,1-2H2;1H4. The largest absolute Gasteiger partial charge is 0.468 e. The van der Waals surface area contributed by atoms with Crippen molar-refractivity contribution in [3.63, 3.8) is 0 Å². The molecule has 0 saturated carbocycles. The minimum Gasteiger partial charge on any atom is -0.468 e. The molecule has 6 nitrogen and oxygen atoms in total. The number of carbonyl (C=O) groups excluding carboxylic acids is 4. The number of hydrogen-bond donors (Lipinski definition) is 0. The quantitative estimate of drug-likeness (QED) is 0.258. The van der Waals surface area contributed by atoms with E-state index in [1.165, 1.54) is 0 Å². The van der Waals surface area contributed by atoms with Gasteiger partial charge in [0.2, 0.25) is 0 Å². The van der Waals surface area contributed by atoms with Crippen molar-refractivity contribution in [3.8, 4) is 0 Å². The Bertz CT molecular complexity index is 269. The zero-order valence-corrected chi connectivity index (χ0v) is 6.52. The minimum atomic E-state index is -1.14. The number of ether oxygens (including phenoxy) is 2. The van der Waals surface area contributed by atoms with Crippen molar-refractivity contribution in [2.24, 2.45) is 0 Å². The highest BCUT2D eigenvalue weighted by atomic mass is 16.6. The summed E-state index contributed by atoms with van der Waals surface area (Å²) in [6.07, 6.45) is -1.06. The third kappa shape index (κ3) is 2.38. The SMILES string of the molecule is C.O=COCCC1OC(=O)C(=O)C1=O. The second-order valence-electron chi connectivity index (χ2n) is 2.34. The fraction of sp³-hybridized carbons (Fsp3) is 0.500. The highest BCUT2D eigenvalue weighted by molar-refractivity contribution is 6.65. The van der Waals surface area contributed by atoms with E-state index in [0.29, 0.717) is 0 Å². The van der Waals surface area contributed by atoms with E-state index in [9.17, 15) is 19.2 Å². The number of esters is 1. The van der Waals surface area contributed by atoms with Crippen LogP contribution in [0.25, 0.3) is 0 Å². The second-order valence-corrected chi connectivity index (χ2v) is 2.34. The fourth-order valence-electron chi connectivity index (χ4n) is 0.896. The van der Waals surface area contributed by atoms with Crippen LogP contribution in [0.2, 0.25) is 0 Å². The monoisotopic (exact) mass is 202 g/mol. The third-order valence-electron chi connectivity index (χ3n) is 1.52. The molecule has 1 saturated heterocycles. The lowest BCUT2D eigenvalue weighted by atomic mass is 10.1. The summed E-state index contributed by atoms with van der Waals surface area (Å²) >= 11 is 0. The summed E-state index contributed by atoms with van der Waals surface area (Å²) < 4.78 is 8.68. The van der Waals surface area contributed by atoms with E-state index in [4.69, 9.17) is 0 Å². The van der Waals surface area contributed by atoms with Crippen LogP contribution in [0, 0.1) is 0 Å². The molecule has 0 aliphatic carbocycles. The van der Waals surface area contributed by atoms with Gasteiger partial charge in [0.1, 0.15) is 0 Å². The molecule has 1 unspecified atom stereocenters. The Morgan fingerprint density at radius 3 is 2.43 bits per heavy atom. The van der Waals surface area contributed by atoms with E-state index >= 15 is 0 Å². The van der Waals surface area contributed by atoms with Gasteiger partial charge in [-0.1, -0.05) is 7.43 Å². The first-order chi connectivity index (χ1) is 6.16. The van der Waals surface area contributed by atoms with Crippen molar-refractivity contribution in [1.29, 1.82) is 0 Å². The van der Waals surface area contributed by atoms with E-state index < -0.39 is 23.6 Å². The van der Waals surface area contributed by atoms with Crippen LogP contribution < -0.4 is 0 Å². The number of ketones is 2. The maximum atomic E-state index is 10.9. The van der Waals surface area contributed by atoms with E-state index in [1.807, 2.05) is 0 Å². The zero-order valence-electron chi connectivity index (χ0n) is 6.52. The molecule has 1 atom stereocenters. The molecule has 0 spiro atoms. The Hall–Kier alpha value is -1.72. The van der Waals surface area contributed by atoms with Crippen LogP contribution >= 0.6 is 0 Å². The van der Waals surface area contributed by atoms with Crippen molar-refractivity contribution in [1.82, 2.24) is 0 Å². The van der Waals surface area contributed by atoms with Crippen molar-refractivity contribution in [3.05, 3.63) is 0 Å². The molecular formula is C8H10O6.